The van der Waals surface area contributed by atoms with E-state index < -0.39 is 5.82 Å². The Morgan fingerprint density at radius 1 is 1.00 bits per heavy atom. The molecule has 140 valence electrons. The molecule has 0 fully saturated rings. The molecule has 3 nitrogen and oxygen atoms in total. The molecule has 26 heavy (non-hydrogen) atoms. The number of carbonyl (C=O) groups excluding carboxylic acids is 1. The van der Waals surface area contributed by atoms with Gasteiger partial charge in [0.2, 0.25) is 5.91 Å². The number of nitrogens with one attached hydrogen (secondary N) is 2. The van der Waals surface area contributed by atoms with Crippen molar-refractivity contribution in [1.29, 1.82) is 0 Å². The van der Waals surface area contributed by atoms with Crippen LogP contribution in [0.4, 0.5) is 10.1 Å². The number of amides is 1. The summed E-state index contributed by atoms with van der Waals surface area (Å²) in [6.45, 7) is 10.0. The molecule has 2 atom stereocenters. The Morgan fingerprint density at radius 2 is 1.62 bits per heavy atom. The number of anilines is 1. The molecule has 2 rings (SSSR count). The van der Waals surface area contributed by atoms with Gasteiger partial charge in [-0.25, -0.2) is 4.39 Å². The van der Waals surface area contributed by atoms with E-state index in [0.717, 1.165) is 5.56 Å². The zero-order valence-electron chi connectivity index (χ0n) is 16.3. The van der Waals surface area contributed by atoms with Crippen LogP contribution in [0.25, 0.3) is 0 Å². The van der Waals surface area contributed by atoms with Crippen molar-refractivity contribution in [3.63, 3.8) is 0 Å². The second kappa shape index (κ2) is 8.45. The van der Waals surface area contributed by atoms with Crippen LogP contribution in [-0.4, -0.2) is 5.91 Å². The Kier molecular flexibility index (Phi) is 6.54. The summed E-state index contributed by atoms with van der Waals surface area (Å²) in [5, 5.41) is 6.14. The lowest BCUT2D eigenvalue weighted by Crippen LogP contribution is -2.23. The lowest BCUT2D eigenvalue weighted by atomic mass is 9.92. The molecule has 2 unspecified atom stereocenters. The standard InChI is InChI=1S/C22H29FN2O/c1-15(17-9-7-6-8-10-17)24-16(2)18-11-12-20(19(23)13-18)25-21(26)14-22(3,4)5/h6-13,15-16,24H,14H2,1-5H3,(H,25,26). The van der Waals surface area contributed by atoms with Crippen molar-refractivity contribution in [2.75, 3.05) is 5.32 Å². The van der Waals surface area contributed by atoms with Crippen molar-refractivity contribution in [3.8, 4) is 0 Å². The van der Waals surface area contributed by atoms with Gasteiger partial charge in [0.15, 0.2) is 0 Å². The average Bonchev–Trinajstić information content (AvgIpc) is 2.55. The molecular weight excluding hydrogens is 327 g/mol. The van der Waals surface area contributed by atoms with Gasteiger partial charge in [-0.15, -0.1) is 0 Å². The fourth-order valence-electron chi connectivity index (χ4n) is 2.89. The van der Waals surface area contributed by atoms with Gasteiger partial charge in [-0.3, -0.25) is 4.79 Å². The molecule has 2 aromatic rings. The minimum Gasteiger partial charge on any atom is -0.324 e. The summed E-state index contributed by atoms with van der Waals surface area (Å²) in [7, 11) is 0. The second-order valence-electron chi connectivity index (χ2n) is 8.05. The van der Waals surface area contributed by atoms with Crippen molar-refractivity contribution in [1.82, 2.24) is 5.32 Å². The fourth-order valence-corrected chi connectivity index (χ4v) is 2.89. The molecule has 0 saturated heterocycles. The monoisotopic (exact) mass is 356 g/mol. The molecule has 1 amide bonds. The second-order valence-corrected chi connectivity index (χ2v) is 8.05. The van der Waals surface area contributed by atoms with Gasteiger partial charge in [0, 0.05) is 18.5 Å². The third kappa shape index (κ3) is 5.95. The number of hydrogen-bond donors (Lipinski definition) is 2. The molecule has 0 aliphatic heterocycles. The van der Waals surface area contributed by atoms with E-state index in [1.54, 1.807) is 6.07 Å². The first-order valence-electron chi connectivity index (χ1n) is 9.06. The van der Waals surface area contributed by atoms with Crippen LogP contribution < -0.4 is 10.6 Å². The van der Waals surface area contributed by atoms with Gasteiger partial charge in [-0.05, 0) is 42.5 Å². The Balaban J connectivity index is 2.03. The van der Waals surface area contributed by atoms with Gasteiger partial charge < -0.3 is 10.6 Å². The van der Waals surface area contributed by atoms with Crippen LogP contribution in [0.3, 0.4) is 0 Å². The molecule has 0 spiro atoms. The Bertz CT molecular complexity index is 738. The molecule has 2 aromatic carbocycles. The van der Waals surface area contributed by atoms with Crippen LogP contribution in [-0.2, 0) is 4.79 Å². The molecule has 2 N–H and O–H groups in total. The Morgan fingerprint density at radius 3 is 2.19 bits per heavy atom. The molecule has 4 heteroatoms. The minimum atomic E-state index is -0.411. The van der Waals surface area contributed by atoms with Crippen molar-refractivity contribution < 1.29 is 9.18 Å². The van der Waals surface area contributed by atoms with Crippen LogP contribution in [0.2, 0.25) is 0 Å². The largest absolute Gasteiger partial charge is 0.324 e. The van der Waals surface area contributed by atoms with Gasteiger partial charge >= 0.3 is 0 Å². The zero-order valence-corrected chi connectivity index (χ0v) is 16.3. The number of rotatable bonds is 6. The highest BCUT2D eigenvalue weighted by molar-refractivity contribution is 5.91. The molecule has 0 radical (unpaired) electrons. The van der Waals surface area contributed by atoms with Gasteiger partial charge in [0.25, 0.3) is 0 Å². The van der Waals surface area contributed by atoms with E-state index in [1.807, 2.05) is 52.0 Å². The van der Waals surface area contributed by atoms with E-state index in [9.17, 15) is 9.18 Å². The number of benzene rings is 2. The van der Waals surface area contributed by atoms with Gasteiger partial charge in [0.05, 0.1) is 5.69 Å². The lowest BCUT2D eigenvalue weighted by Gasteiger charge is -2.21. The summed E-state index contributed by atoms with van der Waals surface area (Å²) < 4.78 is 14.4. The summed E-state index contributed by atoms with van der Waals surface area (Å²) in [6, 6.07) is 15.3. The Hall–Kier alpha value is -2.20. The number of carbonyl (C=O) groups is 1. The molecule has 0 aliphatic rings. The zero-order chi connectivity index (χ0) is 19.3. The maximum absolute atomic E-state index is 14.4. The molecule has 0 saturated carbocycles. The summed E-state index contributed by atoms with van der Waals surface area (Å²) >= 11 is 0. The highest BCUT2D eigenvalue weighted by atomic mass is 19.1. The van der Waals surface area contributed by atoms with Crippen LogP contribution in [0, 0.1) is 11.2 Å². The maximum Gasteiger partial charge on any atom is 0.224 e. The molecule has 0 aliphatic carbocycles. The molecule has 0 bridgehead atoms. The van der Waals surface area contributed by atoms with Crippen LogP contribution in [0.15, 0.2) is 48.5 Å². The normalized spacial score (nSPS) is 13.9. The number of hydrogen-bond acceptors (Lipinski definition) is 2. The molecular formula is C22H29FN2O. The van der Waals surface area contributed by atoms with Crippen LogP contribution in [0.1, 0.15) is 64.3 Å². The van der Waals surface area contributed by atoms with Gasteiger partial charge in [-0.2, -0.15) is 0 Å². The van der Waals surface area contributed by atoms with E-state index in [-0.39, 0.29) is 29.1 Å². The lowest BCUT2D eigenvalue weighted by molar-refractivity contribution is -0.117. The number of halogens is 1. The van der Waals surface area contributed by atoms with E-state index in [0.29, 0.717) is 6.42 Å². The van der Waals surface area contributed by atoms with E-state index in [4.69, 9.17) is 0 Å². The average molecular weight is 356 g/mol. The summed E-state index contributed by atoms with van der Waals surface area (Å²) in [4.78, 5) is 12.0. The van der Waals surface area contributed by atoms with Crippen LogP contribution >= 0.6 is 0 Å². The van der Waals surface area contributed by atoms with Gasteiger partial charge in [0.1, 0.15) is 5.82 Å². The summed E-state index contributed by atoms with van der Waals surface area (Å²) in [5.41, 5.74) is 2.13. The van der Waals surface area contributed by atoms with E-state index in [2.05, 4.69) is 29.7 Å². The van der Waals surface area contributed by atoms with Crippen molar-refractivity contribution in [3.05, 3.63) is 65.5 Å². The highest BCUT2D eigenvalue weighted by Crippen LogP contribution is 2.24. The smallest absolute Gasteiger partial charge is 0.224 e. The predicted octanol–water partition coefficient (Wildman–Crippen LogP) is 5.61. The minimum absolute atomic E-state index is 0.0148. The van der Waals surface area contributed by atoms with Crippen molar-refractivity contribution in [2.24, 2.45) is 5.41 Å². The maximum atomic E-state index is 14.4. The molecule has 0 heterocycles. The predicted molar refractivity (Wildman–Crippen MR) is 106 cm³/mol. The topological polar surface area (TPSA) is 41.1 Å². The quantitative estimate of drug-likeness (QED) is 0.706. The third-order valence-corrected chi connectivity index (χ3v) is 4.26. The van der Waals surface area contributed by atoms with E-state index >= 15 is 0 Å². The SMILES string of the molecule is CC(NC(C)c1ccc(NC(=O)CC(C)(C)C)c(F)c1)c1ccccc1. The first-order valence-corrected chi connectivity index (χ1v) is 9.06. The van der Waals surface area contributed by atoms with Crippen molar-refractivity contribution >= 4 is 11.6 Å². The Labute approximate surface area is 156 Å². The summed E-state index contributed by atoms with van der Waals surface area (Å²) in [5.74, 6) is -0.584. The van der Waals surface area contributed by atoms with Crippen molar-refractivity contribution in [2.45, 2.75) is 53.1 Å². The fraction of sp³-hybridized carbons (Fsp3) is 0.409. The highest BCUT2D eigenvalue weighted by Gasteiger charge is 2.18. The van der Waals surface area contributed by atoms with Gasteiger partial charge in [-0.1, -0.05) is 57.2 Å². The summed E-state index contributed by atoms with van der Waals surface area (Å²) in [6.07, 6.45) is 0.348. The molecule has 0 aromatic heterocycles. The first-order chi connectivity index (χ1) is 12.2. The van der Waals surface area contributed by atoms with Crippen LogP contribution in [0.5, 0.6) is 0 Å². The van der Waals surface area contributed by atoms with E-state index in [1.165, 1.54) is 11.6 Å². The third-order valence-electron chi connectivity index (χ3n) is 4.26. The first kappa shape index (κ1) is 20.1.